The fraction of sp³-hybridized carbons (Fsp3) is 0.409. The molecular formula is C22H26ClN5O5. The minimum absolute atomic E-state index is 0.274. The van der Waals surface area contributed by atoms with Crippen molar-refractivity contribution in [3.8, 4) is 5.75 Å². The van der Waals surface area contributed by atoms with Gasteiger partial charge in [0.2, 0.25) is 0 Å². The van der Waals surface area contributed by atoms with Crippen LogP contribution in [0.3, 0.4) is 0 Å². The van der Waals surface area contributed by atoms with E-state index >= 15 is 0 Å². The zero-order chi connectivity index (χ0) is 23.9. The van der Waals surface area contributed by atoms with Gasteiger partial charge in [0.05, 0.1) is 13.7 Å². The minimum Gasteiger partial charge on any atom is -0.491 e. The Morgan fingerprint density at radius 2 is 1.94 bits per heavy atom. The quantitative estimate of drug-likeness (QED) is 0.584. The second-order valence-electron chi connectivity index (χ2n) is 8.17. The molecule has 3 aromatic rings. The van der Waals surface area contributed by atoms with Crippen LogP contribution in [0.4, 0.5) is 10.6 Å². The van der Waals surface area contributed by atoms with E-state index in [4.69, 9.17) is 16.3 Å². The van der Waals surface area contributed by atoms with Gasteiger partial charge >= 0.3 is 11.8 Å². The number of halogens is 1. The van der Waals surface area contributed by atoms with Gasteiger partial charge in [0.25, 0.3) is 5.56 Å². The molecule has 1 aliphatic rings. The molecule has 1 atom stereocenters. The molecule has 0 bridgehead atoms. The minimum atomic E-state index is -1.08. The van der Waals surface area contributed by atoms with Gasteiger partial charge < -0.3 is 24.6 Å². The summed E-state index contributed by atoms with van der Waals surface area (Å²) in [5.74, 6) is 1.01. The monoisotopic (exact) mass is 475 g/mol. The Morgan fingerprint density at radius 1 is 1.21 bits per heavy atom. The predicted octanol–water partition coefficient (Wildman–Crippen LogP) is 1.99. The third-order valence-electron chi connectivity index (χ3n) is 6.12. The van der Waals surface area contributed by atoms with Crippen LogP contribution in [0.2, 0.25) is 5.02 Å². The molecule has 1 aromatic carbocycles. The molecule has 4 rings (SSSR count). The number of carboxylic acid groups (broad SMARTS) is 1. The topological polar surface area (TPSA) is 111 Å². The van der Waals surface area contributed by atoms with Gasteiger partial charge in [0.15, 0.2) is 11.6 Å². The average molecular weight is 476 g/mol. The molecule has 176 valence electrons. The molecule has 1 fully saturated rings. The lowest BCUT2D eigenvalue weighted by Crippen LogP contribution is -2.48. The zero-order valence-corrected chi connectivity index (χ0v) is 19.4. The van der Waals surface area contributed by atoms with Crippen LogP contribution in [0, 0.1) is 0 Å². The van der Waals surface area contributed by atoms with Gasteiger partial charge in [0, 0.05) is 38.2 Å². The number of aromatic nitrogens is 3. The highest BCUT2D eigenvalue weighted by Gasteiger charge is 2.31. The Kier molecular flexibility index (Phi) is 6.11. The number of amides is 1. The van der Waals surface area contributed by atoms with Gasteiger partial charge in [-0.25, -0.2) is 9.59 Å². The molecule has 33 heavy (non-hydrogen) atoms. The number of nitrogens with one attached hydrogen (secondary N) is 1. The van der Waals surface area contributed by atoms with Crippen LogP contribution in [0.15, 0.2) is 33.9 Å². The van der Waals surface area contributed by atoms with Gasteiger partial charge in [-0.2, -0.15) is 0 Å². The van der Waals surface area contributed by atoms with Crippen LogP contribution in [0.1, 0.15) is 18.4 Å². The molecule has 0 aliphatic carbocycles. The maximum atomic E-state index is 13.3. The van der Waals surface area contributed by atoms with Crippen molar-refractivity contribution in [2.75, 3.05) is 25.1 Å². The smallest absolute Gasteiger partial charge is 0.404 e. The van der Waals surface area contributed by atoms with Crippen molar-refractivity contribution in [1.29, 1.82) is 0 Å². The van der Waals surface area contributed by atoms with Crippen LogP contribution in [-0.4, -0.2) is 51.1 Å². The van der Waals surface area contributed by atoms with Crippen molar-refractivity contribution in [1.82, 2.24) is 19.0 Å². The van der Waals surface area contributed by atoms with Gasteiger partial charge in [-0.05, 0) is 24.5 Å². The van der Waals surface area contributed by atoms with Crippen molar-refractivity contribution < 1.29 is 14.6 Å². The van der Waals surface area contributed by atoms with Crippen molar-refractivity contribution in [3.05, 3.63) is 55.7 Å². The van der Waals surface area contributed by atoms with Gasteiger partial charge in [0.1, 0.15) is 11.0 Å². The lowest BCUT2D eigenvalue weighted by atomic mass is 10.1. The van der Waals surface area contributed by atoms with Crippen molar-refractivity contribution in [3.63, 3.8) is 0 Å². The highest BCUT2D eigenvalue weighted by molar-refractivity contribution is 6.31. The molecule has 2 aromatic heterocycles. The van der Waals surface area contributed by atoms with Crippen LogP contribution in [0.5, 0.6) is 5.75 Å². The third-order valence-corrected chi connectivity index (χ3v) is 6.49. The van der Waals surface area contributed by atoms with E-state index in [0.29, 0.717) is 47.1 Å². The van der Waals surface area contributed by atoms with E-state index in [1.807, 2.05) is 27.7 Å². The summed E-state index contributed by atoms with van der Waals surface area (Å²) in [5, 5.41) is 12.3. The Hall–Kier alpha value is -3.40. The average Bonchev–Trinajstić information content (AvgIpc) is 3.11. The lowest BCUT2D eigenvalue weighted by Gasteiger charge is -2.35. The summed E-state index contributed by atoms with van der Waals surface area (Å²) in [5.41, 5.74) is 0.604. The molecule has 3 heterocycles. The first kappa shape index (κ1) is 22.8. The van der Waals surface area contributed by atoms with E-state index in [0.717, 1.165) is 16.6 Å². The summed E-state index contributed by atoms with van der Waals surface area (Å²) in [4.78, 5) is 39.2. The summed E-state index contributed by atoms with van der Waals surface area (Å²) < 4.78 is 10.1. The summed E-state index contributed by atoms with van der Waals surface area (Å²) in [6, 6.07) is 7.07. The van der Waals surface area contributed by atoms with E-state index in [2.05, 4.69) is 5.32 Å². The number of carbonyl (C=O) groups is 1. The Labute approximate surface area is 194 Å². The number of hydrogen-bond donors (Lipinski definition) is 2. The van der Waals surface area contributed by atoms with E-state index < -0.39 is 17.3 Å². The van der Waals surface area contributed by atoms with E-state index in [9.17, 15) is 19.5 Å². The van der Waals surface area contributed by atoms with Gasteiger partial charge in [-0.3, -0.25) is 13.9 Å². The number of nitrogens with zero attached hydrogens (tertiary/aromatic N) is 4. The normalized spacial score (nSPS) is 16.2. The van der Waals surface area contributed by atoms with E-state index in [1.54, 1.807) is 13.1 Å². The van der Waals surface area contributed by atoms with Crippen LogP contribution >= 0.6 is 11.6 Å². The summed E-state index contributed by atoms with van der Waals surface area (Å²) in [6.45, 7) is 1.31. The van der Waals surface area contributed by atoms with Gasteiger partial charge in [-0.1, -0.05) is 29.8 Å². The molecule has 0 spiro atoms. The number of anilines is 1. The number of aryl methyl sites for hydroxylation is 1. The maximum absolute atomic E-state index is 13.3. The predicted molar refractivity (Wildman–Crippen MR) is 126 cm³/mol. The molecule has 2 N–H and O–H groups in total. The fourth-order valence-corrected chi connectivity index (χ4v) is 4.77. The molecule has 1 saturated heterocycles. The van der Waals surface area contributed by atoms with Crippen molar-refractivity contribution >= 4 is 34.5 Å². The second-order valence-corrected chi connectivity index (χ2v) is 8.58. The molecule has 11 heteroatoms. The summed E-state index contributed by atoms with van der Waals surface area (Å²) in [7, 11) is 4.54. The molecular weight excluding hydrogens is 450 g/mol. The molecule has 1 aliphatic heterocycles. The second kappa shape index (κ2) is 8.86. The van der Waals surface area contributed by atoms with Crippen LogP contribution in [-0.2, 0) is 20.6 Å². The number of ether oxygens (including phenoxy) is 1. The first-order chi connectivity index (χ1) is 15.7. The highest BCUT2D eigenvalue weighted by atomic mass is 35.5. The zero-order valence-electron chi connectivity index (χ0n) is 18.7. The van der Waals surface area contributed by atoms with Crippen molar-refractivity contribution in [2.24, 2.45) is 14.1 Å². The third kappa shape index (κ3) is 3.95. The Morgan fingerprint density at radius 3 is 2.61 bits per heavy atom. The van der Waals surface area contributed by atoms with Crippen LogP contribution in [0.25, 0.3) is 11.0 Å². The van der Waals surface area contributed by atoms with Gasteiger partial charge in [-0.15, -0.1) is 0 Å². The van der Waals surface area contributed by atoms with Crippen LogP contribution < -0.4 is 26.2 Å². The summed E-state index contributed by atoms with van der Waals surface area (Å²) >= 11 is 6.44. The number of fused-ring (bicyclic) bond motifs is 1. The molecule has 0 unspecified atom stereocenters. The maximum Gasteiger partial charge on any atom is 0.404 e. The number of benzene rings is 1. The van der Waals surface area contributed by atoms with E-state index in [1.165, 1.54) is 18.7 Å². The highest BCUT2D eigenvalue weighted by Crippen LogP contribution is 2.39. The first-order valence-corrected chi connectivity index (χ1v) is 11.0. The summed E-state index contributed by atoms with van der Waals surface area (Å²) in [6.07, 6.45) is 0.371. The lowest BCUT2D eigenvalue weighted by molar-refractivity contribution is 0.188. The largest absolute Gasteiger partial charge is 0.491 e. The number of rotatable bonds is 5. The number of piperidine rings is 1. The van der Waals surface area contributed by atoms with E-state index in [-0.39, 0.29) is 12.6 Å². The number of hydrogen-bond acceptors (Lipinski definition) is 5. The molecule has 10 nitrogen and oxygen atoms in total. The van der Waals surface area contributed by atoms with Crippen molar-refractivity contribution in [2.45, 2.75) is 25.4 Å². The SMILES string of the molecule is COc1c(N2CCC[C@@H](NC(=O)O)C2)n(Cc2ccccc2Cl)c2c(=O)n(C)c(=O)n(C)c12. The molecule has 0 radical (unpaired) electrons. The standard InChI is InChI=1S/C22H26ClN5O5/c1-25-16-17(20(29)26(2)22(25)32)28(11-13-7-4-5-9-15(13)23)19(18(16)33-3)27-10-6-8-14(12-27)24-21(30)31/h4-5,7,9,14,24H,6,8,10-12H2,1-3H3,(H,30,31)/t14-/m1/s1. The Bertz CT molecular complexity index is 1340. The first-order valence-electron chi connectivity index (χ1n) is 10.6. The fourth-order valence-electron chi connectivity index (χ4n) is 4.58. The molecule has 0 saturated carbocycles. The Balaban J connectivity index is 2.00. The number of methoxy groups -OCH3 is 1. The molecule has 1 amide bonds.